The fraction of sp³-hybridized carbons (Fsp3) is 0.522. The predicted octanol–water partition coefficient (Wildman–Crippen LogP) is 3.17. The van der Waals surface area contributed by atoms with Crippen molar-refractivity contribution in [3.63, 3.8) is 0 Å². The second-order valence-electron chi connectivity index (χ2n) is 8.42. The Kier molecular flexibility index (Phi) is 4.95. The second kappa shape index (κ2) is 7.18. The maximum absolute atomic E-state index is 13.4. The molecule has 1 saturated heterocycles. The molecule has 0 spiro atoms. The summed E-state index contributed by atoms with van der Waals surface area (Å²) in [5.41, 5.74) is -1.74. The number of rotatable bonds is 5. The smallest absolute Gasteiger partial charge is 0.350 e. The number of carbonyl (C=O) groups is 3. The van der Waals surface area contributed by atoms with Gasteiger partial charge in [-0.3, -0.25) is 9.59 Å². The molecule has 1 aliphatic heterocycles. The Bertz CT molecular complexity index is 906. The molecule has 1 N–H and O–H groups in total. The number of ketones is 2. The van der Waals surface area contributed by atoms with Crippen molar-refractivity contribution in [1.29, 1.82) is 0 Å². The van der Waals surface area contributed by atoms with E-state index in [9.17, 15) is 19.5 Å². The summed E-state index contributed by atoms with van der Waals surface area (Å²) in [6.45, 7) is 3.36. The summed E-state index contributed by atoms with van der Waals surface area (Å²) >= 11 is 0. The molecule has 1 aromatic carbocycles. The van der Waals surface area contributed by atoms with Crippen LogP contribution in [0.1, 0.15) is 73.1 Å². The van der Waals surface area contributed by atoms with E-state index in [1.807, 2.05) is 13.8 Å². The van der Waals surface area contributed by atoms with Crippen LogP contribution in [0.15, 0.2) is 35.4 Å². The number of aliphatic hydroxyl groups excluding tert-OH is 1. The van der Waals surface area contributed by atoms with Gasteiger partial charge < -0.3 is 14.6 Å². The lowest BCUT2D eigenvalue weighted by Crippen LogP contribution is -2.51. The Hall–Kier alpha value is -2.31. The lowest BCUT2D eigenvalue weighted by atomic mass is 9.71. The van der Waals surface area contributed by atoms with Crippen molar-refractivity contribution in [3.05, 3.63) is 46.5 Å². The molecule has 1 saturated carbocycles. The van der Waals surface area contributed by atoms with E-state index in [-0.39, 0.29) is 30.3 Å². The number of aliphatic hydroxyl groups is 1. The fourth-order valence-corrected chi connectivity index (χ4v) is 4.61. The third kappa shape index (κ3) is 2.89. The van der Waals surface area contributed by atoms with Gasteiger partial charge in [-0.1, -0.05) is 36.3 Å². The molecule has 2 atom stereocenters. The zero-order valence-electron chi connectivity index (χ0n) is 16.8. The molecular formula is C23H26O6. The summed E-state index contributed by atoms with van der Waals surface area (Å²) in [6.07, 6.45) is 4.29. The van der Waals surface area contributed by atoms with Gasteiger partial charge in [0.25, 0.3) is 5.60 Å². The highest BCUT2D eigenvalue weighted by molar-refractivity contribution is 6.32. The van der Waals surface area contributed by atoms with Gasteiger partial charge in [-0.15, -0.1) is 0 Å². The molecule has 0 amide bonds. The zero-order valence-corrected chi connectivity index (χ0v) is 16.8. The number of allylic oxidation sites excluding steroid dienone is 1. The molecule has 2 fully saturated rings. The number of hydrogen-bond acceptors (Lipinski definition) is 6. The maximum atomic E-state index is 13.4. The van der Waals surface area contributed by atoms with E-state index >= 15 is 0 Å². The number of hydrogen-bond donors (Lipinski definition) is 1. The largest absolute Gasteiger partial charge is 0.460 e. The SMILES string of the molecule is CC(C)=C(CO)C[C@@]12O[C@]1(C(=O)OC1CCCCC1)C(=O)c1ccccc1C2=O. The first kappa shape index (κ1) is 20.0. The van der Waals surface area contributed by atoms with Crippen LogP contribution in [-0.2, 0) is 14.3 Å². The summed E-state index contributed by atoms with van der Waals surface area (Å²) in [5, 5.41) is 9.77. The molecule has 0 aromatic heterocycles. The Balaban J connectivity index is 1.76. The number of benzene rings is 1. The van der Waals surface area contributed by atoms with Crippen LogP contribution in [0.25, 0.3) is 0 Å². The number of esters is 1. The van der Waals surface area contributed by atoms with Crippen molar-refractivity contribution in [2.24, 2.45) is 0 Å². The highest BCUT2D eigenvalue weighted by atomic mass is 16.7. The third-order valence-electron chi connectivity index (χ3n) is 6.43. The number of Topliss-reactive ketones (excluding diaryl/α,β-unsaturated/α-hetero) is 2. The average Bonchev–Trinajstić information content (AvgIpc) is 3.43. The van der Waals surface area contributed by atoms with Crippen molar-refractivity contribution in [3.8, 4) is 0 Å². The third-order valence-corrected chi connectivity index (χ3v) is 6.43. The Morgan fingerprint density at radius 2 is 1.72 bits per heavy atom. The topological polar surface area (TPSA) is 93.2 Å². The predicted molar refractivity (Wildman–Crippen MR) is 105 cm³/mol. The molecule has 0 bridgehead atoms. The number of carbonyl (C=O) groups excluding carboxylic acids is 3. The van der Waals surface area contributed by atoms with E-state index < -0.39 is 28.7 Å². The summed E-state index contributed by atoms with van der Waals surface area (Å²) in [5.74, 6) is -1.71. The summed E-state index contributed by atoms with van der Waals surface area (Å²) in [4.78, 5) is 40.1. The van der Waals surface area contributed by atoms with E-state index in [1.54, 1.807) is 24.3 Å². The van der Waals surface area contributed by atoms with Crippen molar-refractivity contribution < 1.29 is 29.0 Å². The van der Waals surface area contributed by atoms with Crippen molar-refractivity contribution in [2.75, 3.05) is 6.61 Å². The first-order valence-corrected chi connectivity index (χ1v) is 10.2. The normalized spacial score (nSPS) is 28.4. The average molecular weight is 398 g/mol. The number of ether oxygens (including phenoxy) is 2. The van der Waals surface area contributed by atoms with Crippen LogP contribution in [-0.4, -0.2) is 46.6 Å². The molecule has 6 nitrogen and oxygen atoms in total. The van der Waals surface area contributed by atoms with E-state index in [0.717, 1.165) is 37.7 Å². The van der Waals surface area contributed by atoms with Crippen LogP contribution < -0.4 is 0 Å². The fourth-order valence-electron chi connectivity index (χ4n) is 4.61. The molecule has 1 heterocycles. The minimum absolute atomic E-state index is 0.00942. The molecule has 6 heteroatoms. The molecule has 1 aromatic rings. The summed E-state index contributed by atoms with van der Waals surface area (Å²) < 4.78 is 11.5. The molecular weight excluding hydrogens is 372 g/mol. The van der Waals surface area contributed by atoms with Crippen LogP contribution in [0, 0.1) is 0 Å². The standard InChI is InChI=1S/C23H26O6/c1-14(2)15(13-24)12-22-19(25)17-10-6-7-11-18(17)20(26)23(22,29-22)21(27)28-16-8-4-3-5-9-16/h6-7,10-11,16,24H,3-5,8-9,12-13H2,1-2H3/t22-,23-/m0/s1. The molecule has 29 heavy (non-hydrogen) atoms. The molecule has 4 rings (SSSR count). The molecule has 154 valence electrons. The van der Waals surface area contributed by atoms with Gasteiger partial charge >= 0.3 is 5.97 Å². The maximum Gasteiger partial charge on any atom is 0.350 e. The monoisotopic (exact) mass is 398 g/mol. The van der Waals surface area contributed by atoms with Crippen molar-refractivity contribution in [2.45, 2.75) is 69.7 Å². The molecule has 0 radical (unpaired) electrons. The second-order valence-corrected chi connectivity index (χ2v) is 8.42. The Morgan fingerprint density at radius 1 is 1.10 bits per heavy atom. The Morgan fingerprint density at radius 3 is 2.31 bits per heavy atom. The number of epoxide rings is 1. The van der Waals surface area contributed by atoms with Crippen LogP contribution in [0.2, 0.25) is 0 Å². The van der Waals surface area contributed by atoms with Gasteiger partial charge in [0.15, 0.2) is 11.4 Å². The van der Waals surface area contributed by atoms with Gasteiger partial charge in [-0.05, 0) is 45.1 Å². The van der Waals surface area contributed by atoms with Crippen LogP contribution in [0.5, 0.6) is 0 Å². The van der Waals surface area contributed by atoms with Crippen molar-refractivity contribution in [1.82, 2.24) is 0 Å². The number of fused-ring (bicyclic) bond motifs is 2. The minimum atomic E-state index is -1.95. The lowest BCUT2D eigenvalue weighted by molar-refractivity contribution is -0.155. The van der Waals surface area contributed by atoms with Crippen LogP contribution in [0.3, 0.4) is 0 Å². The van der Waals surface area contributed by atoms with Crippen LogP contribution >= 0.6 is 0 Å². The highest BCUT2D eigenvalue weighted by Gasteiger charge is 2.85. The first-order valence-electron chi connectivity index (χ1n) is 10.2. The zero-order chi connectivity index (χ0) is 20.8. The van der Waals surface area contributed by atoms with Crippen molar-refractivity contribution >= 4 is 17.5 Å². The van der Waals surface area contributed by atoms with E-state index in [4.69, 9.17) is 9.47 Å². The summed E-state index contributed by atoms with van der Waals surface area (Å²) in [6, 6.07) is 6.47. The Labute approximate surface area is 169 Å². The van der Waals surface area contributed by atoms with E-state index in [0.29, 0.717) is 5.57 Å². The molecule has 0 unspecified atom stereocenters. The van der Waals surface area contributed by atoms with Gasteiger partial charge in [0.2, 0.25) is 5.78 Å². The van der Waals surface area contributed by atoms with Crippen LogP contribution in [0.4, 0.5) is 0 Å². The first-order chi connectivity index (χ1) is 13.9. The van der Waals surface area contributed by atoms with E-state index in [1.165, 1.54) is 0 Å². The van der Waals surface area contributed by atoms with Gasteiger partial charge in [-0.25, -0.2) is 4.79 Å². The molecule has 2 aliphatic carbocycles. The van der Waals surface area contributed by atoms with Gasteiger partial charge in [-0.2, -0.15) is 0 Å². The van der Waals surface area contributed by atoms with Gasteiger partial charge in [0.05, 0.1) is 6.61 Å². The molecule has 3 aliphatic rings. The minimum Gasteiger partial charge on any atom is -0.460 e. The lowest BCUT2D eigenvalue weighted by Gasteiger charge is -2.27. The van der Waals surface area contributed by atoms with Gasteiger partial charge in [0.1, 0.15) is 6.10 Å². The van der Waals surface area contributed by atoms with E-state index in [2.05, 4.69) is 0 Å². The quantitative estimate of drug-likeness (QED) is 0.354. The highest BCUT2D eigenvalue weighted by Crippen LogP contribution is 2.59. The summed E-state index contributed by atoms with van der Waals surface area (Å²) in [7, 11) is 0. The van der Waals surface area contributed by atoms with Gasteiger partial charge in [0, 0.05) is 17.5 Å².